The quantitative estimate of drug-likeness (QED) is 0.280. The number of amides is 2. The molecule has 4 aromatic rings. The van der Waals surface area contributed by atoms with Crippen LogP contribution in [0.2, 0.25) is 15.1 Å². The van der Waals surface area contributed by atoms with Crippen LogP contribution in [0.3, 0.4) is 0 Å². The molecule has 0 aliphatic carbocycles. The third kappa shape index (κ3) is 5.40. The van der Waals surface area contributed by atoms with Crippen molar-refractivity contribution < 1.29 is 9.90 Å². The van der Waals surface area contributed by atoms with E-state index < -0.39 is 11.6 Å². The minimum absolute atomic E-state index is 0.00616. The third-order valence-electron chi connectivity index (χ3n) is 5.04. The summed E-state index contributed by atoms with van der Waals surface area (Å²) in [6.07, 6.45) is 2.67. The number of rotatable bonds is 5. The predicted octanol–water partition coefficient (Wildman–Crippen LogP) is 6.30. The number of benzene rings is 2. The number of hydrogen-bond donors (Lipinski definition) is 3. The number of aromatic hydroxyl groups is 1. The fourth-order valence-corrected chi connectivity index (χ4v) is 4.00. The van der Waals surface area contributed by atoms with E-state index in [0.717, 1.165) is 0 Å². The molecule has 0 aliphatic rings. The maximum absolute atomic E-state index is 12.8. The van der Waals surface area contributed by atoms with Crippen molar-refractivity contribution >= 4 is 52.2 Å². The first-order valence-electron chi connectivity index (χ1n) is 10.3. The Morgan fingerprint density at radius 1 is 1.00 bits per heavy atom. The first-order valence-corrected chi connectivity index (χ1v) is 11.5. The number of nitrogens with zero attached hydrogens (tertiary/aromatic N) is 3. The average Bonchev–Trinajstić information content (AvgIpc) is 2.84. The molecule has 0 fully saturated rings. The van der Waals surface area contributed by atoms with Crippen LogP contribution in [0, 0.1) is 0 Å². The van der Waals surface area contributed by atoms with Gasteiger partial charge in [-0.15, -0.1) is 0 Å². The standard InChI is InChI=1S/C24H18Cl3N5O3/c1-2-32-23(34)20(29-24(35)30-22-17(26)11-28-12-18(22)27)10-19(31-32)14-5-3-4-13(8-14)16-9-15(25)6-7-21(16)33/h3-12,33H,2H2,1H3,(H2,28,29,30,35). The lowest BCUT2D eigenvalue weighted by molar-refractivity contribution is 0.262. The number of anilines is 2. The van der Waals surface area contributed by atoms with Crippen LogP contribution < -0.4 is 16.2 Å². The van der Waals surface area contributed by atoms with Gasteiger partial charge < -0.3 is 15.7 Å². The summed E-state index contributed by atoms with van der Waals surface area (Å²) in [4.78, 5) is 29.3. The molecular weight excluding hydrogens is 513 g/mol. The largest absolute Gasteiger partial charge is 0.507 e. The molecule has 0 spiro atoms. The Kier molecular flexibility index (Phi) is 7.25. The molecule has 2 aromatic heterocycles. The minimum atomic E-state index is -0.713. The van der Waals surface area contributed by atoms with E-state index in [9.17, 15) is 14.7 Å². The molecule has 3 N–H and O–H groups in total. The molecule has 4 rings (SSSR count). The molecule has 0 radical (unpaired) electrons. The van der Waals surface area contributed by atoms with Crippen LogP contribution in [0.5, 0.6) is 5.75 Å². The van der Waals surface area contributed by atoms with Gasteiger partial charge in [0.15, 0.2) is 0 Å². The van der Waals surface area contributed by atoms with Crippen LogP contribution >= 0.6 is 34.8 Å². The number of hydrogen-bond acceptors (Lipinski definition) is 5. The molecule has 0 saturated carbocycles. The topological polar surface area (TPSA) is 109 Å². The number of aryl methyl sites for hydroxylation is 1. The molecular formula is C24H18Cl3N5O3. The number of halogens is 3. The van der Waals surface area contributed by atoms with E-state index in [1.165, 1.54) is 29.2 Å². The average molecular weight is 531 g/mol. The molecule has 0 unspecified atom stereocenters. The number of urea groups is 1. The number of carbonyl (C=O) groups excluding carboxylic acids is 1. The van der Waals surface area contributed by atoms with Gasteiger partial charge in [-0.05, 0) is 42.8 Å². The summed E-state index contributed by atoms with van der Waals surface area (Å²) < 4.78 is 1.24. The highest BCUT2D eigenvalue weighted by Gasteiger charge is 2.15. The fourth-order valence-electron chi connectivity index (χ4n) is 3.37. The van der Waals surface area contributed by atoms with Gasteiger partial charge in [0.2, 0.25) is 0 Å². The van der Waals surface area contributed by atoms with Crippen LogP contribution in [0.25, 0.3) is 22.4 Å². The summed E-state index contributed by atoms with van der Waals surface area (Å²) in [5.74, 6) is 0.0745. The number of nitrogens with one attached hydrogen (secondary N) is 2. The van der Waals surface area contributed by atoms with E-state index in [2.05, 4.69) is 20.7 Å². The van der Waals surface area contributed by atoms with Crippen LogP contribution in [0.1, 0.15) is 6.92 Å². The Balaban J connectivity index is 1.70. The summed E-state index contributed by atoms with van der Waals surface area (Å²) in [6, 6.07) is 12.7. The minimum Gasteiger partial charge on any atom is -0.507 e. The van der Waals surface area contributed by atoms with Crippen molar-refractivity contribution in [3.63, 3.8) is 0 Å². The number of carbonyl (C=O) groups is 1. The van der Waals surface area contributed by atoms with E-state index in [4.69, 9.17) is 34.8 Å². The maximum Gasteiger partial charge on any atom is 0.323 e. The van der Waals surface area contributed by atoms with E-state index in [-0.39, 0.29) is 33.7 Å². The molecule has 2 heterocycles. The van der Waals surface area contributed by atoms with Crippen molar-refractivity contribution in [2.45, 2.75) is 13.5 Å². The van der Waals surface area contributed by atoms with Gasteiger partial charge in [0.1, 0.15) is 11.4 Å². The molecule has 0 bridgehead atoms. The number of phenols is 1. The first-order chi connectivity index (χ1) is 16.8. The van der Waals surface area contributed by atoms with Crippen LogP contribution in [-0.2, 0) is 6.54 Å². The van der Waals surface area contributed by atoms with E-state index in [0.29, 0.717) is 27.4 Å². The first kappa shape index (κ1) is 24.5. The molecule has 2 amide bonds. The second kappa shape index (κ2) is 10.4. The van der Waals surface area contributed by atoms with Gasteiger partial charge >= 0.3 is 6.03 Å². The molecule has 0 aliphatic heterocycles. The van der Waals surface area contributed by atoms with Crippen molar-refractivity contribution in [1.82, 2.24) is 14.8 Å². The Labute approximate surface area is 215 Å². The SMILES string of the molecule is CCn1nc(-c2cccc(-c3cc(Cl)ccc3O)c2)cc(NC(=O)Nc2c(Cl)cncc2Cl)c1=O. The Bertz CT molecular complexity index is 1470. The second-order valence-corrected chi connectivity index (χ2v) is 8.61. The van der Waals surface area contributed by atoms with Gasteiger partial charge in [-0.2, -0.15) is 5.10 Å². The smallest absolute Gasteiger partial charge is 0.323 e. The Morgan fingerprint density at radius 2 is 1.71 bits per heavy atom. The summed E-state index contributed by atoms with van der Waals surface area (Å²) >= 11 is 18.2. The molecule has 0 saturated heterocycles. The summed E-state index contributed by atoms with van der Waals surface area (Å²) in [5.41, 5.74) is 2.03. The monoisotopic (exact) mass is 529 g/mol. The van der Waals surface area contributed by atoms with Crippen molar-refractivity contribution in [2.75, 3.05) is 10.6 Å². The lowest BCUT2D eigenvalue weighted by atomic mass is 10.0. The normalized spacial score (nSPS) is 10.7. The van der Waals surface area contributed by atoms with E-state index >= 15 is 0 Å². The zero-order valence-electron chi connectivity index (χ0n) is 18.2. The fraction of sp³-hybridized carbons (Fsp3) is 0.0833. The van der Waals surface area contributed by atoms with Gasteiger partial charge in [0.05, 0.1) is 21.4 Å². The molecule has 11 heteroatoms. The number of pyridine rings is 1. The lowest BCUT2D eigenvalue weighted by Crippen LogP contribution is -2.29. The van der Waals surface area contributed by atoms with Crippen molar-refractivity contribution in [3.8, 4) is 28.1 Å². The summed E-state index contributed by atoms with van der Waals surface area (Å²) in [5, 5.41) is 20.5. The Hall–Kier alpha value is -3.59. The van der Waals surface area contributed by atoms with E-state index in [1.807, 2.05) is 6.07 Å². The molecule has 35 heavy (non-hydrogen) atoms. The van der Waals surface area contributed by atoms with Gasteiger partial charge in [0, 0.05) is 35.1 Å². The van der Waals surface area contributed by atoms with Crippen LogP contribution in [0.15, 0.2) is 65.7 Å². The zero-order valence-corrected chi connectivity index (χ0v) is 20.5. The highest BCUT2D eigenvalue weighted by molar-refractivity contribution is 6.39. The van der Waals surface area contributed by atoms with Gasteiger partial charge in [-0.25, -0.2) is 9.48 Å². The van der Waals surface area contributed by atoms with Crippen molar-refractivity contribution in [2.24, 2.45) is 0 Å². The summed E-state index contributed by atoms with van der Waals surface area (Å²) in [7, 11) is 0. The van der Waals surface area contributed by atoms with Crippen molar-refractivity contribution in [1.29, 1.82) is 0 Å². The molecule has 8 nitrogen and oxygen atoms in total. The van der Waals surface area contributed by atoms with E-state index in [1.54, 1.807) is 37.3 Å². The van der Waals surface area contributed by atoms with Gasteiger partial charge in [-0.3, -0.25) is 9.78 Å². The molecule has 2 aromatic carbocycles. The third-order valence-corrected chi connectivity index (χ3v) is 5.85. The maximum atomic E-state index is 12.8. The number of phenolic OH excluding ortho intramolecular Hbond substituents is 1. The van der Waals surface area contributed by atoms with Crippen molar-refractivity contribution in [3.05, 3.63) is 86.3 Å². The highest BCUT2D eigenvalue weighted by atomic mass is 35.5. The Morgan fingerprint density at radius 3 is 2.43 bits per heavy atom. The number of aromatic nitrogens is 3. The summed E-state index contributed by atoms with van der Waals surface area (Å²) in [6.45, 7) is 2.04. The van der Waals surface area contributed by atoms with Gasteiger partial charge in [-0.1, -0.05) is 53.0 Å². The lowest BCUT2D eigenvalue weighted by Gasteiger charge is -2.13. The predicted molar refractivity (Wildman–Crippen MR) is 139 cm³/mol. The second-order valence-electron chi connectivity index (χ2n) is 7.36. The zero-order chi connectivity index (χ0) is 25.1. The highest BCUT2D eigenvalue weighted by Crippen LogP contribution is 2.34. The molecule has 0 atom stereocenters. The van der Waals surface area contributed by atoms with Gasteiger partial charge in [0.25, 0.3) is 5.56 Å². The van der Waals surface area contributed by atoms with Crippen LogP contribution in [-0.4, -0.2) is 25.9 Å². The van der Waals surface area contributed by atoms with Crippen LogP contribution in [0.4, 0.5) is 16.2 Å². The molecule has 178 valence electrons.